The van der Waals surface area contributed by atoms with Crippen LogP contribution in [0.5, 0.6) is 11.5 Å². The summed E-state index contributed by atoms with van der Waals surface area (Å²) in [7, 11) is 11.1. The molecule has 0 aliphatic rings. The lowest BCUT2D eigenvalue weighted by Gasteiger charge is -2.14. The molecule has 0 bridgehead atoms. The molecule has 8 heteroatoms. The number of aldehydes is 2. The van der Waals surface area contributed by atoms with Gasteiger partial charge in [-0.05, 0) is 70.1 Å². The van der Waals surface area contributed by atoms with Gasteiger partial charge in [-0.3, -0.25) is 9.59 Å². The minimum Gasteiger partial charge on any atom is -0.467 e. The van der Waals surface area contributed by atoms with E-state index >= 15 is 0 Å². The molecule has 0 atom stereocenters. The van der Waals surface area contributed by atoms with Gasteiger partial charge < -0.3 is 28.7 Å². The predicted molar refractivity (Wildman–Crippen MR) is 152 cm³/mol. The molecule has 0 saturated heterocycles. The number of rotatable bonds is 10. The summed E-state index contributed by atoms with van der Waals surface area (Å²) >= 11 is 0. The van der Waals surface area contributed by atoms with E-state index < -0.39 is 0 Å². The second-order valence-corrected chi connectivity index (χ2v) is 8.97. The molecule has 8 nitrogen and oxygen atoms in total. The van der Waals surface area contributed by atoms with Gasteiger partial charge in [0.1, 0.15) is 11.5 Å². The van der Waals surface area contributed by atoms with Crippen LogP contribution in [-0.2, 0) is 9.47 Å². The van der Waals surface area contributed by atoms with Crippen molar-refractivity contribution in [1.82, 2.24) is 0 Å². The first-order chi connectivity index (χ1) is 18.3. The van der Waals surface area contributed by atoms with Gasteiger partial charge in [0.05, 0.1) is 11.1 Å². The van der Waals surface area contributed by atoms with Gasteiger partial charge in [0.15, 0.2) is 26.2 Å². The maximum Gasteiger partial charge on any atom is 0.188 e. The zero-order valence-electron chi connectivity index (χ0n) is 22.7. The maximum absolute atomic E-state index is 11.1. The fourth-order valence-corrected chi connectivity index (χ4v) is 3.80. The highest BCUT2D eigenvalue weighted by atomic mass is 16.7. The molecule has 200 valence electrons. The van der Waals surface area contributed by atoms with Crippen molar-refractivity contribution in [3.05, 3.63) is 71.8 Å². The third kappa shape index (κ3) is 7.00. The first-order valence-electron chi connectivity index (χ1n) is 11.9. The lowest BCUT2D eigenvalue weighted by molar-refractivity contribution is 0.0504. The standard InChI is InChI=1S/2C15H17NO3/c2*1-16(2)14-5-4-11-6-13(9-17)15(19-10-18-3)8-12(11)7-14/h2*4-9H,10H2,1-3H3. The molecule has 0 radical (unpaired) electrons. The summed E-state index contributed by atoms with van der Waals surface area (Å²) < 4.78 is 20.6. The van der Waals surface area contributed by atoms with Gasteiger partial charge in [0, 0.05) is 53.8 Å². The monoisotopic (exact) mass is 518 g/mol. The van der Waals surface area contributed by atoms with E-state index in [-0.39, 0.29) is 13.6 Å². The molecular weight excluding hydrogens is 484 g/mol. The number of nitrogens with zero attached hydrogens (tertiary/aromatic N) is 2. The molecule has 0 heterocycles. The Hall–Kier alpha value is -4.14. The minimum absolute atomic E-state index is 0.125. The highest BCUT2D eigenvalue weighted by Crippen LogP contribution is 2.29. The van der Waals surface area contributed by atoms with Gasteiger partial charge >= 0.3 is 0 Å². The molecule has 0 aromatic heterocycles. The molecule has 0 amide bonds. The van der Waals surface area contributed by atoms with Gasteiger partial charge in [-0.25, -0.2) is 0 Å². The molecule has 0 aliphatic carbocycles. The number of ether oxygens (including phenoxy) is 4. The quantitative estimate of drug-likeness (QED) is 0.204. The van der Waals surface area contributed by atoms with E-state index in [2.05, 4.69) is 12.1 Å². The van der Waals surface area contributed by atoms with Crippen LogP contribution < -0.4 is 19.3 Å². The Kier molecular flexibility index (Phi) is 10.0. The highest BCUT2D eigenvalue weighted by molar-refractivity contribution is 5.95. The lowest BCUT2D eigenvalue weighted by atomic mass is 10.1. The minimum atomic E-state index is 0.125. The highest BCUT2D eigenvalue weighted by Gasteiger charge is 2.08. The van der Waals surface area contributed by atoms with Crippen molar-refractivity contribution in [1.29, 1.82) is 0 Å². The number of hydrogen-bond acceptors (Lipinski definition) is 8. The molecular formula is C30H34N2O6. The van der Waals surface area contributed by atoms with Crippen LogP contribution in [0.1, 0.15) is 20.7 Å². The number of carbonyl (C=O) groups is 2. The van der Waals surface area contributed by atoms with Crippen molar-refractivity contribution in [3.63, 3.8) is 0 Å². The van der Waals surface area contributed by atoms with E-state index in [4.69, 9.17) is 18.9 Å². The molecule has 0 fully saturated rings. The Labute approximate surface area is 223 Å². The molecule has 4 rings (SSSR count). The SMILES string of the molecule is COCOc1cc2cc(N(C)C)ccc2cc1C=O.COCOc1cc2cc(N(C)C)ccc2cc1C=O. The van der Waals surface area contributed by atoms with Crippen LogP contribution in [0.3, 0.4) is 0 Å². The van der Waals surface area contributed by atoms with E-state index in [9.17, 15) is 9.59 Å². The second kappa shape index (κ2) is 13.4. The van der Waals surface area contributed by atoms with E-state index in [0.29, 0.717) is 22.6 Å². The molecule has 4 aromatic rings. The number of methoxy groups -OCH3 is 2. The normalized spacial score (nSPS) is 10.5. The van der Waals surface area contributed by atoms with Crippen molar-refractivity contribution in [2.24, 2.45) is 0 Å². The number of hydrogen-bond donors (Lipinski definition) is 0. The van der Waals surface area contributed by atoms with Gasteiger partial charge in [0.25, 0.3) is 0 Å². The Morgan fingerprint density at radius 3 is 1.29 bits per heavy atom. The van der Waals surface area contributed by atoms with Crippen LogP contribution in [0.4, 0.5) is 11.4 Å². The van der Waals surface area contributed by atoms with E-state index in [1.807, 2.05) is 86.5 Å². The van der Waals surface area contributed by atoms with Crippen LogP contribution in [0, 0.1) is 0 Å². The number of anilines is 2. The number of benzene rings is 4. The summed E-state index contributed by atoms with van der Waals surface area (Å²) in [6.07, 6.45) is 1.59. The fourth-order valence-electron chi connectivity index (χ4n) is 3.80. The third-order valence-corrected chi connectivity index (χ3v) is 5.86. The first-order valence-corrected chi connectivity index (χ1v) is 11.9. The summed E-state index contributed by atoms with van der Waals surface area (Å²) in [5.74, 6) is 1.08. The largest absolute Gasteiger partial charge is 0.467 e. The van der Waals surface area contributed by atoms with Crippen LogP contribution in [0.15, 0.2) is 60.7 Å². The van der Waals surface area contributed by atoms with Crippen LogP contribution >= 0.6 is 0 Å². The molecule has 0 aliphatic heterocycles. The van der Waals surface area contributed by atoms with Crippen LogP contribution in [0.25, 0.3) is 21.5 Å². The summed E-state index contributed by atoms with van der Waals surface area (Å²) in [4.78, 5) is 26.2. The molecule has 0 N–H and O–H groups in total. The lowest BCUT2D eigenvalue weighted by Crippen LogP contribution is -2.08. The molecule has 0 saturated carbocycles. The zero-order chi connectivity index (χ0) is 27.7. The van der Waals surface area contributed by atoms with E-state index in [1.165, 1.54) is 0 Å². The van der Waals surface area contributed by atoms with Crippen molar-refractivity contribution in [2.45, 2.75) is 0 Å². The van der Waals surface area contributed by atoms with Gasteiger partial charge in [-0.2, -0.15) is 0 Å². The Bertz CT molecular complexity index is 1290. The Morgan fingerprint density at radius 2 is 0.974 bits per heavy atom. The number of carbonyl (C=O) groups excluding carboxylic acids is 2. The van der Waals surface area contributed by atoms with Crippen molar-refractivity contribution < 1.29 is 28.5 Å². The van der Waals surface area contributed by atoms with Gasteiger partial charge in [0.2, 0.25) is 0 Å². The van der Waals surface area contributed by atoms with Gasteiger partial charge in [-0.15, -0.1) is 0 Å². The smallest absolute Gasteiger partial charge is 0.188 e. The van der Waals surface area contributed by atoms with Crippen LogP contribution in [-0.4, -0.2) is 68.6 Å². The average molecular weight is 519 g/mol. The zero-order valence-corrected chi connectivity index (χ0v) is 22.7. The second-order valence-electron chi connectivity index (χ2n) is 8.97. The average Bonchev–Trinajstić information content (AvgIpc) is 2.93. The number of fused-ring (bicyclic) bond motifs is 2. The van der Waals surface area contributed by atoms with Crippen molar-refractivity contribution in [3.8, 4) is 11.5 Å². The Morgan fingerprint density at radius 1 is 0.579 bits per heavy atom. The fraction of sp³-hybridized carbons (Fsp3) is 0.267. The van der Waals surface area contributed by atoms with Gasteiger partial charge in [-0.1, -0.05) is 12.1 Å². The van der Waals surface area contributed by atoms with Crippen molar-refractivity contribution >= 4 is 45.5 Å². The predicted octanol–water partition coefficient (Wildman–Crippen LogP) is 5.40. The Balaban J connectivity index is 0.000000211. The molecule has 38 heavy (non-hydrogen) atoms. The van der Waals surface area contributed by atoms with Crippen molar-refractivity contribution in [2.75, 3.05) is 65.8 Å². The summed E-state index contributed by atoms with van der Waals surface area (Å²) in [6.45, 7) is 0.249. The maximum atomic E-state index is 11.1. The summed E-state index contributed by atoms with van der Waals surface area (Å²) in [6, 6.07) is 19.5. The first kappa shape index (κ1) is 28.4. The van der Waals surface area contributed by atoms with Crippen LogP contribution in [0.2, 0.25) is 0 Å². The molecule has 4 aromatic carbocycles. The summed E-state index contributed by atoms with van der Waals surface area (Å²) in [5.41, 5.74) is 3.26. The van der Waals surface area contributed by atoms with E-state index in [0.717, 1.165) is 45.5 Å². The third-order valence-electron chi connectivity index (χ3n) is 5.86. The van der Waals surface area contributed by atoms with E-state index in [1.54, 1.807) is 14.2 Å². The molecule has 0 spiro atoms. The summed E-state index contributed by atoms with van der Waals surface area (Å²) in [5, 5.41) is 4.08. The molecule has 0 unspecified atom stereocenters. The topological polar surface area (TPSA) is 77.5 Å².